The maximum Gasteiger partial charge on any atom is 0.261 e. The Morgan fingerprint density at radius 1 is 0.770 bits per heavy atom. The molecular formula is C45H57N11O4S. The molecule has 2 saturated carbocycles. The zero-order chi connectivity index (χ0) is 44.4. The van der Waals surface area contributed by atoms with Crippen LogP contribution in [0, 0.1) is 30.6 Å². The molecule has 1 aliphatic heterocycles. The van der Waals surface area contributed by atoms with Crippen molar-refractivity contribution >= 4 is 56.0 Å². The molecule has 322 valence electrons. The number of benzene rings is 2. The third-order valence-corrected chi connectivity index (χ3v) is 11.4. The van der Waals surface area contributed by atoms with Gasteiger partial charge in [0.05, 0.1) is 51.2 Å². The third-order valence-electron chi connectivity index (χ3n) is 10.4. The van der Waals surface area contributed by atoms with Gasteiger partial charge in [-0.3, -0.25) is 9.59 Å². The number of H-pyrrole nitrogens is 2. The Hall–Kier alpha value is -6.33. The van der Waals surface area contributed by atoms with Crippen LogP contribution in [0.15, 0.2) is 86.6 Å². The average Bonchev–Trinajstić information content (AvgIpc) is 3.65. The Balaban J connectivity index is 0.000000240. The summed E-state index contributed by atoms with van der Waals surface area (Å²) in [6.45, 7) is 13.6. The molecule has 0 bridgehead atoms. The molecule has 0 amide bonds. The van der Waals surface area contributed by atoms with Crippen molar-refractivity contribution < 1.29 is 9.84 Å². The van der Waals surface area contributed by atoms with Gasteiger partial charge in [-0.2, -0.15) is 0 Å². The number of hydrogen-bond donors (Lipinski definition) is 7. The monoisotopic (exact) mass is 847 g/mol. The van der Waals surface area contributed by atoms with Crippen molar-refractivity contribution in [2.24, 2.45) is 21.5 Å². The summed E-state index contributed by atoms with van der Waals surface area (Å²) in [4.78, 5) is 43.7. The number of aliphatic imine (C=N–C) groups is 2. The lowest BCUT2D eigenvalue weighted by molar-refractivity contribution is -0.184. The zero-order valence-corrected chi connectivity index (χ0v) is 35.9. The smallest absolute Gasteiger partial charge is 0.261 e. The molecule has 3 aliphatic rings. The molecule has 5 aromatic rings. The number of aromatic nitrogens is 3. The van der Waals surface area contributed by atoms with E-state index in [9.17, 15) is 14.7 Å². The summed E-state index contributed by atoms with van der Waals surface area (Å²) < 4.78 is 6.15. The van der Waals surface area contributed by atoms with Crippen LogP contribution in [0.4, 0.5) is 22.7 Å². The predicted molar refractivity (Wildman–Crippen MR) is 246 cm³/mol. The second-order valence-electron chi connectivity index (χ2n) is 14.6. The van der Waals surface area contributed by atoms with Crippen molar-refractivity contribution in [3.8, 4) is 13.1 Å². The molecule has 2 aliphatic carbocycles. The molecule has 1 saturated heterocycles. The first-order valence-corrected chi connectivity index (χ1v) is 21.4. The van der Waals surface area contributed by atoms with Gasteiger partial charge in [-0.25, -0.2) is 25.5 Å². The number of hydrogen-bond acceptors (Lipinski definition) is 12. The van der Waals surface area contributed by atoms with Gasteiger partial charge in [-0.1, -0.05) is 64.5 Å². The molecule has 0 spiro atoms. The maximum atomic E-state index is 12.5. The van der Waals surface area contributed by atoms with Gasteiger partial charge >= 0.3 is 0 Å². The van der Waals surface area contributed by atoms with E-state index in [1.54, 1.807) is 35.9 Å². The highest BCUT2D eigenvalue weighted by Gasteiger charge is 2.37. The van der Waals surface area contributed by atoms with Gasteiger partial charge < -0.3 is 41.9 Å². The van der Waals surface area contributed by atoms with E-state index in [0.29, 0.717) is 42.1 Å². The third kappa shape index (κ3) is 12.6. The number of aliphatic hydroxyl groups is 1. The number of nitrogens with one attached hydrogen (secondary N) is 4. The van der Waals surface area contributed by atoms with Crippen LogP contribution in [0.5, 0.6) is 0 Å². The van der Waals surface area contributed by atoms with Crippen LogP contribution in [-0.2, 0) is 10.3 Å². The number of ether oxygens (including phenoxy) is 1. The lowest BCUT2D eigenvalue weighted by Crippen LogP contribution is -2.46. The molecule has 61 heavy (non-hydrogen) atoms. The number of fused-ring (bicyclic) bond motifs is 1. The Morgan fingerprint density at radius 2 is 1.23 bits per heavy atom. The number of nitrogens with zero attached hydrogens (tertiary/aromatic N) is 5. The molecule has 9 N–H and O–H groups in total. The molecule has 3 aromatic heterocycles. The summed E-state index contributed by atoms with van der Waals surface area (Å²) in [7, 11) is 0. The van der Waals surface area contributed by atoms with Gasteiger partial charge in [0.2, 0.25) is 0 Å². The molecule has 0 atom stereocenters. The average molecular weight is 848 g/mol. The van der Waals surface area contributed by atoms with Crippen LogP contribution < -0.4 is 33.2 Å². The minimum absolute atomic E-state index is 0.165. The van der Waals surface area contributed by atoms with Crippen LogP contribution in [0.1, 0.15) is 99.8 Å². The molecule has 0 unspecified atom stereocenters. The summed E-state index contributed by atoms with van der Waals surface area (Å²) in [6, 6.07) is 17.4. The molecule has 0 radical (unpaired) electrons. The van der Waals surface area contributed by atoms with Gasteiger partial charge in [0.1, 0.15) is 28.4 Å². The highest BCUT2D eigenvalue weighted by atomic mass is 32.1. The molecule has 3 fully saturated rings. The first-order valence-electron chi connectivity index (χ1n) is 20.6. The second-order valence-corrected chi connectivity index (χ2v) is 15.8. The SMILES string of the molecule is C#N.C#N.CC.Cc1nc2ccc(N=C(N)c3c(NC4CCCCC4)cc[nH]c3=O)cc2s1.NC(=Nc1ccc(C2(O)COC2)cc1)c1c(NC2CCCCC2)cc[nH]c1=O. The summed E-state index contributed by atoms with van der Waals surface area (Å²) in [5, 5.41) is 31.3. The van der Waals surface area contributed by atoms with Crippen LogP contribution in [-0.4, -0.2) is 57.0 Å². The lowest BCUT2D eigenvalue weighted by atomic mass is 9.92. The largest absolute Gasteiger partial charge is 0.383 e. The van der Waals surface area contributed by atoms with Crippen molar-refractivity contribution in [1.82, 2.24) is 15.0 Å². The number of thiazole rings is 1. The minimum Gasteiger partial charge on any atom is -0.383 e. The topological polar surface area (TPSA) is 256 Å². The summed E-state index contributed by atoms with van der Waals surface area (Å²) in [5.41, 5.74) is 16.4. The predicted octanol–water partition coefficient (Wildman–Crippen LogP) is 7.75. The summed E-state index contributed by atoms with van der Waals surface area (Å²) >= 11 is 1.62. The van der Waals surface area contributed by atoms with E-state index in [0.717, 1.165) is 63.5 Å². The Labute approximate surface area is 360 Å². The van der Waals surface area contributed by atoms with Crippen LogP contribution >= 0.6 is 11.3 Å². The van der Waals surface area contributed by atoms with Gasteiger partial charge in [0.15, 0.2) is 0 Å². The number of aromatic amines is 2. The zero-order valence-electron chi connectivity index (χ0n) is 35.1. The number of anilines is 2. The number of amidine groups is 2. The van der Waals surface area contributed by atoms with E-state index >= 15 is 0 Å². The fraction of sp³-hybridized carbons (Fsp3) is 0.400. The van der Waals surface area contributed by atoms with Crippen LogP contribution in [0.25, 0.3) is 10.2 Å². The van der Waals surface area contributed by atoms with E-state index in [1.165, 1.54) is 38.5 Å². The minimum atomic E-state index is -0.915. The van der Waals surface area contributed by atoms with Crippen molar-refractivity contribution in [3.63, 3.8) is 0 Å². The Morgan fingerprint density at radius 3 is 1.69 bits per heavy atom. The Kier molecular flexibility index (Phi) is 18.2. The van der Waals surface area contributed by atoms with Crippen molar-refractivity contribution in [1.29, 1.82) is 10.5 Å². The van der Waals surface area contributed by atoms with E-state index < -0.39 is 5.60 Å². The number of pyridine rings is 2. The van der Waals surface area contributed by atoms with Crippen molar-refractivity contribution in [3.05, 3.63) is 109 Å². The molecule has 15 nitrogen and oxygen atoms in total. The van der Waals surface area contributed by atoms with Crippen LogP contribution in [0.3, 0.4) is 0 Å². The Bertz CT molecular complexity index is 2380. The lowest BCUT2D eigenvalue weighted by Gasteiger charge is -2.36. The van der Waals surface area contributed by atoms with Gasteiger partial charge in [-0.15, -0.1) is 11.3 Å². The highest BCUT2D eigenvalue weighted by molar-refractivity contribution is 7.18. The summed E-state index contributed by atoms with van der Waals surface area (Å²) in [6.07, 6.45) is 15.1. The first kappa shape index (κ1) is 47.3. The van der Waals surface area contributed by atoms with E-state index in [4.69, 9.17) is 26.7 Å². The highest BCUT2D eigenvalue weighted by Crippen LogP contribution is 2.31. The molecule has 8 rings (SSSR count). The summed E-state index contributed by atoms with van der Waals surface area (Å²) in [5.74, 6) is 0.384. The molecular weight excluding hydrogens is 791 g/mol. The fourth-order valence-electron chi connectivity index (χ4n) is 7.44. The fourth-order valence-corrected chi connectivity index (χ4v) is 8.30. The van der Waals surface area contributed by atoms with Gasteiger partial charge in [0, 0.05) is 37.6 Å². The van der Waals surface area contributed by atoms with Gasteiger partial charge in [0.25, 0.3) is 11.1 Å². The maximum absolute atomic E-state index is 12.5. The van der Waals surface area contributed by atoms with E-state index in [-0.39, 0.29) is 22.8 Å². The second kappa shape index (κ2) is 23.5. The normalized spacial score (nSPS) is 16.3. The number of nitrogens with two attached hydrogens (primary N) is 2. The standard InChI is InChI=1S/C21H26N4O3.C20H23N5OS.C2H6.2CHN/c22-19(25-16-8-6-14(7-9-16)21(27)12-28-13-21)18-17(10-11-23-20(18)26)24-15-4-2-1-3-5-15;1-12-23-15-8-7-14(11-17(15)27-12)25-19(21)18-16(9-10-22-20(18)26)24-13-5-3-2-4-6-13;3*1-2/h6-11,15,27H,1-5,12-13H2,(H2,22,25)(H2,23,24,26);7-11,13H,2-6H2,1H3,(H2,21,25)(H2,22,24,26);1-2H3;2*1H. The quantitative estimate of drug-likeness (QED) is 0.0557. The number of nitriles is 2. The van der Waals surface area contributed by atoms with E-state index in [2.05, 4.69) is 48.7 Å². The number of rotatable bonds is 9. The van der Waals surface area contributed by atoms with Crippen molar-refractivity contribution in [2.45, 2.75) is 103 Å². The number of aryl methyl sites for hydroxylation is 1. The van der Waals surface area contributed by atoms with Crippen LogP contribution in [0.2, 0.25) is 0 Å². The molecule has 4 heterocycles. The van der Waals surface area contributed by atoms with Gasteiger partial charge in [-0.05, 0) is 80.6 Å². The van der Waals surface area contributed by atoms with E-state index in [1.807, 2.05) is 63.2 Å². The molecule has 16 heteroatoms. The first-order chi connectivity index (χ1) is 29.6. The van der Waals surface area contributed by atoms with Crippen molar-refractivity contribution in [2.75, 3.05) is 23.8 Å². The molecule has 2 aromatic carbocycles.